The van der Waals surface area contributed by atoms with Crippen LogP contribution in [0.4, 0.5) is 13.2 Å². The lowest BCUT2D eigenvalue weighted by atomic mass is 10.1. The second-order valence-electron chi connectivity index (χ2n) is 4.62. The van der Waals surface area contributed by atoms with Crippen molar-refractivity contribution in [1.82, 2.24) is 4.90 Å². The van der Waals surface area contributed by atoms with E-state index in [9.17, 15) is 18.0 Å². The largest absolute Gasteiger partial charge is 0.384 e. The standard InChI is InChI=1S/C13H14F3NO2/c1-19-7-8-2-3-17(6-8)13(18)9-4-10(14)12(16)11(15)5-9/h4-5,8H,2-3,6-7H2,1H3. The lowest BCUT2D eigenvalue weighted by Crippen LogP contribution is -2.29. The summed E-state index contributed by atoms with van der Waals surface area (Å²) in [5.74, 6) is -4.53. The van der Waals surface area contributed by atoms with Crippen LogP contribution < -0.4 is 0 Å². The number of methoxy groups -OCH3 is 1. The van der Waals surface area contributed by atoms with Crippen molar-refractivity contribution in [1.29, 1.82) is 0 Å². The highest BCUT2D eigenvalue weighted by atomic mass is 19.2. The number of carbonyl (C=O) groups is 1. The van der Waals surface area contributed by atoms with Crippen LogP contribution in [-0.2, 0) is 4.74 Å². The molecule has 0 bridgehead atoms. The third-order valence-electron chi connectivity index (χ3n) is 3.21. The van der Waals surface area contributed by atoms with E-state index in [0.29, 0.717) is 19.7 Å². The smallest absolute Gasteiger partial charge is 0.254 e. The van der Waals surface area contributed by atoms with Gasteiger partial charge in [0.15, 0.2) is 17.5 Å². The van der Waals surface area contributed by atoms with Gasteiger partial charge in [-0.25, -0.2) is 13.2 Å². The zero-order chi connectivity index (χ0) is 14.0. The quantitative estimate of drug-likeness (QED) is 0.790. The van der Waals surface area contributed by atoms with E-state index >= 15 is 0 Å². The van der Waals surface area contributed by atoms with Crippen molar-refractivity contribution in [2.45, 2.75) is 6.42 Å². The molecule has 1 aromatic carbocycles. The highest BCUT2D eigenvalue weighted by Gasteiger charge is 2.28. The van der Waals surface area contributed by atoms with Gasteiger partial charge in [0.2, 0.25) is 0 Å². The molecular weight excluding hydrogens is 259 g/mol. The monoisotopic (exact) mass is 273 g/mol. The molecule has 0 saturated carbocycles. The molecule has 0 N–H and O–H groups in total. The SMILES string of the molecule is COCC1CCN(C(=O)c2cc(F)c(F)c(F)c2)C1. The minimum absolute atomic E-state index is 0.172. The third kappa shape index (κ3) is 2.89. The van der Waals surface area contributed by atoms with E-state index in [1.165, 1.54) is 4.90 Å². The number of hydrogen-bond donors (Lipinski definition) is 0. The molecule has 0 spiro atoms. The van der Waals surface area contributed by atoms with Crippen LogP contribution in [-0.4, -0.2) is 37.6 Å². The van der Waals surface area contributed by atoms with E-state index in [1.54, 1.807) is 7.11 Å². The average Bonchev–Trinajstić information content (AvgIpc) is 2.83. The number of amides is 1. The number of likely N-dealkylation sites (tertiary alicyclic amines) is 1. The normalized spacial score (nSPS) is 18.9. The molecule has 1 aromatic rings. The van der Waals surface area contributed by atoms with Crippen LogP contribution in [0.1, 0.15) is 16.8 Å². The Labute approximate surface area is 109 Å². The Morgan fingerprint density at radius 3 is 2.58 bits per heavy atom. The molecule has 0 radical (unpaired) electrons. The van der Waals surface area contributed by atoms with Crippen LogP contribution in [0.15, 0.2) is 12.1 Å². The predicted octanol–water partition coefficient (Wildman–Crippen LogP) is 2.21. The van der Waals surface area contributed by atoms with Crippen molar-refractivity contribution in [3.05, 3.63) is 35.1 Å². The number of nitrogens with zero attached hydrogens (tertiary/aromatic N) is 1. The fourth-order valence-corrected chi connectivity index (χ4v) is 2.25. The first kappa shape index (κ1) is 13.9. The Morgan fingerprint density at radius 1 is 1.37 bits per heavy atom. The van der Waals surface area contributed by atoms with Crippen molar-refractivity contribution < 1.29 is 22.7 Å². The first-order valence-electron chi connectivity index (χ1n) is 5.95. The molecule has 2 rings (SSSR count). The molecule has 0 aromatic heterocycles. The van der Waals surface area contributed by atoms with Gasteiger partial charge >= 0.3 is 0 Å². The van der Waals surface area contributed by atoms with E-state index in [-0.39, 0.29) is 11.5 Å². The Hall–Kier alpha value is -1.56. The fraction of sp³-hybridized carbons (Fsp3) is 0.462. The molecule has 1 aliphatic rings. The van der Waals surface area contributed by atoms with E-state index in [2.05, 4.69) is 0 Å². The van der Waals surface area contributed by atoms with E-state index in [1.807, 2.05) is 0 Å². The van der Waals surface area contributed by atoms with Crippen molar-refractivity contribution in [3.63, 3.8) is 0 Å². The summed E-state index contributed by atoms with van der Waals surface area (Å²) in [7, 11) is 1.58. The third-order valence-corrected chi connectivity index (χ3v) is 3.21. The van der Waals surface area contributed by atoms with Gasteiger partial charge in [0.25, 0.3) is 5.91 Å². The minimum Gasteiger partial charge on any atom is -0.384 e. The fourth-order valence-electron chi connectivity index (χ4n) is 2.25. The summed E-state index contributed by atoms with van der Waals surface area (Å²) in [5, 5.41) is 0. The maximum atomic E-state index is 13.1. The van der Waals surface area contributed by atoms with Gasteiger partial charge < -0.3 is 9.64 Å². The van der Waals surface area contributed by atoms with Crippen molar-refractivity contribution in [2.24, 2.45) is 5.92 Å². The lowest BCUT2D eigenvalue weighted by Gasteiger charge is -2.16. The number of benzene rings is 1. The maximum Gasteiger partial charge on any atom is 0.254 e. The molecule has 1 saturated heterocycles. The molecule has 1 aliphatic heterocycles. The van der Waals surface area contributed by atoms with Gasteiger partial charge in [0.1, 0.15) is 0 Å². The second-order valence-corrected chi connectivity index (χ2v) is 4.62. The summed E-state index contributed by atoms with van der Waals surface area (Å²) in [6.07, 6.45) is 0.783. The maximum absolute atomic E-state index is 13.1. The number of rotatable bonds is 3. The van der Waals surface area contributed by atoms with Crippen LogP contribution >= 0.6 is 0 Å². The minimum atomic E-state index is -1.56. The Balaban J connectivity index is 2.13. The molecular formula is C13H14F3NO2. The summed E-state index contributed by atoms with van der Waals surface area (Å²) < 4.78 is 44.0. The Bertz CT molecular complexity index is 470. The number of ether oxygens (including phenoxy) is 1. The van der Waals surface area contributed by atoms with Gasteiger partial charge in [-0.2, -0.15) is 0 Å². The predicted molar refractivity (Wildman–Crippen MR) is 62.2 cm³/mol. The molecule has 1 fully saturated rings. The molecule has 6 heteroatoms. The summed E-state index contributed by atoms with van der Waals surface area (Å²) in [5.41, 5.74) is -0.172. The number of hydrogen-bond acceptors (Lipinski definition) is 2. The summed E-state index contributed by atoms with van der Waals surface area (Å²) in [6.45, 7) is 1.52. The summed E-state index contributed by atoms with van der Waals surface area (Å²) >= 11 is 0. The average molecular weight is 273 g/mol. The van der Waals surface area contributed by atoms with Crippen LogP contribution in [0.2, 0.25) is 0 Å². The van der Waals surface area contributed by atoms with Gasteiger partial charge in [-0.3, -0.25) is 4.79 Å². The molecule has 1 amide bonds. The molecule has 1 unspecified atom stereocenters. The zero-order valence-corrected chi connectivity index (χ0v) is 10.5. The number of halogens is 3. The second kappa shape index (κ2) is 5.61. The van der Waals surface area contributed by atoms with Gasteiger partial charge in [-0.15, -0.1) is 0 Å². The van der Waals surface area contributed by atoms with Gasteiger partial charge in [0, 0.05) is 31.7 Å². The topological polar surface area (TPSA) is 29.5 Å². The summed E-state index contributed by atoms with van der Waals surface area (Å²) in [4.78, 5) is 13.5. The molecule has 104 valence electrons. The van der Waals surface area contributed by atoms with E-state index in [0.717, 1.165) is 18.6 Å². The van der Waals surface area contributed by atoms with Gasteiger partial charge in [0.05, 0.1) is 6.61 Å². The highest BCUT2D eigenvalue weighted by molar-refractivity contribution is 5.94. The van der Waals surface area contributed by atoms with Crippen LogP contribution in [0, 0.1) is 23.4 Å². The van der Waals surface area contributed by atoms with E-state index < -0.39 is 23.4 Å². The first-order valence-corrected chi connectivity index (χ1v) is 5.95. The van der Waals surface area contributed by atoms with Crippen LogP contribution in [0.5, 0.6) is 0 Å². The Kier molecular flexibility index (Phi) is 4.09. The lowest BCUT2D eigenvalue weighted by molar-refractivity contribution is 0.0774. The molecule has 1 heterocycles. The van der Waals surface area contributed by atoms with Crippen molar-refractivity contribution in [3.8, 4) is 0 Å². The zero-order valence-electron chi connectivity index (χ0n) is 10.5. The van der Waals surface area contributed by atoms with E-state index in [4.69, 9.17) is 4.74 Å². The van der Waals surface area contributed by atoms with Crippen LogP contribution in [0.3, 0.4) is 0 Å². The van der Waals surface area contributed by atoms with Gasteiger partial charge in [-0.05, 0) is 18.6 Å². The first-order chi connectivity index (χ1) is 9.02. The van der Waals surface area contributed by atoms with Crippen molar-refractivity contribution in [2.75, 3.05) is 26.8 Å². The van der Waals surface area contributed by atoms with Gasteiger partial charge in [-0.1, -0.05) is 0 Å². The molecule has 3 nitrogen and oxygen atoms in total. The summed E-state index contributed by atoms with van der Waals surface area (Å²) in [6, 6.07) is 1.45. The number of carbonyl (C=O) groups excluding carboxylic acids is 1. The van der Waals surface area contributed by atoms with Crippen LogP contribution in [0.25, 0.3) is 0 Å². The molecule has 1 atom stereocenters. The Morgan fingerprint density at radius 2 is 2.00 bits per heavy atom. The highest BCUT2D eigenvalue weighted by Crippen LogP contribution is 2.21. The molecule has 19 heavy (non-hydrogen) atoms. The van der Waals surface area contributed by atoms with Crippen molar-refractivity contribution >= 4 is 5.91 Å². The molecule has 0 aliphatic carbocycles.